The molecule has 1 saturated heterocycles. The summed E-state index contributed by atoms with van der Waals surface area (Å²) in [5.41, 5.74) is 0.0634. The van der Waals surface area contributed by atoms with Gasteiger partial charge in [0.05, 0.1) is 19.3 Å². The van der Waals surface area contributed by atoms with E-state index in [1.165, 1.54) is 12.1 Å². The van der Waals surface area contributed by atoms with E-state index >= 15 is 0 Å². The van der Waals surface area contributed by atoms with Crippen molar-refractivity contribution in [3.8, 4) is 6.07 Å². The van der Waals surface area contributed by atoms with E-state index < -0.39 is 11.9 Å². The Morgan fingerprint density at radius 2 is 2.00 bits per heavy atom. The normalized spacial score (nSPS) is 21.4. The maximum atomic E-state index is 13.9. The average Bonchev–Trinajstić information content (AvgIpc) is 3.11. The van der Waals surface area contributed by atoms with Gasteiger partial charge in [0.15, 0.2) is 0 Å². The van der Waals surface area contributed by atoms with Gasteiger partial charge < -0.3 is 10.1 Å². The fourth-order valence-corrected chi connectivity index (χ4v) is 4.08. The van der Waals surface area contributed by atoms with E-state index in [1.54, 1.807) is 12.1 Å². The average molecular weight is 345 g/mol. The third-order valence-corrected chi connectivity index (χ3v) is 5.36. The van der Waals surface area contributed by atoms with Crippen LogP contribution >= 0.6 is 0 Å². The molecule has 134 valence electrons. The highest BCUT2D eigenvalue weighted by molar-refractivity contribution is 5.78. The quantitative estimate of drug-likeness (QED) is 0.891. The molecule has 6 heteroatoms. The standard InChI is InChI=1S/C19H24FN3O2/c20-16-6-2-1-5-15(16)17(14-21)22-18(24)13-19(7-3-4-8-19)23-9-11-25-12-10-23/h1-2,5-6,17H,3-4,7-13H2,(H,22,24)/t17-/m1/s1. The molecule has 0 spiro atoms. The Hall–Kier alpha value is -1.97. The van der Waals surface area contributed by atoms with Crippen molar-refractivity contribution in [3.05, 3.63) is 35.6 Å². The lowest BCUT2D eigenvalue weighted by Crippen LogP contribution is -2.54. The number of ether oxygens (including phenoxy) is 1. The van der Waals surface area contributed by atoms with E-state index in [4.69, 9.17) is 4.74 Å². The van der Waals surface area contributed by atoms with Crippen LogP contribution in [0.5, 0.6) is 0 Å². The number of carbonyl (C=O) groups excluding carboxylic acids is 1. The van der Waals surface area contributed by atoms with Gasteiger partial charge in [-0.2, -0.15) is 5.26 Å². The van der Waals surface area contributed by atoms with Crippen LogP contribution in [0.15, 0.2) is 24.3 Å². The molecule has 1 amide bonds. The van der Waals surface area contributed by atoms with Crippen molar-refractivity contribution < 1.29 is 13.9 Å². The van der Waals surface area contributed by atoms with E-state index in [0.717, 1.165) is 38.8 Å². The van der Waals surface area contributed by atoms with Gasteiger partial charge in [0.1, 0.15) is 11.9 Å². The van der Waals surface area contributed by atoms with E-state index in [-0.39, 0.29) is 17.0 Å². The second-order valence-corrected chi connectivity index (χ2v) is 6.86. The summed E-state index contributed by atoms with van der Waals surface area (Å²) in [6, 6.07) is 7.12. The molecular formula is C19H24FN3O2. The van der Waals surface area contributed by atoms with Crippen LogP contribution in [0.2, 0.25) is 0 Å². The molecule has 1 aliphatic carbocycles. The summed E-state index contributed by atoms with van der Waals surface area (Å²) in [4.78, 5) is 15.0. The fraction of sp³-hybridized carbons (Fsp3) is 0.579. The first-order valence-electron chi connectivity index (χ1n) is 8.91. The topological polar surface area (TPSA) is 65.4 Å². The zero-order valence-electron chi connectivity index (χ0n) is 14.3. The smallest absolute Gasteiger partial charge is 0.223 e. The van der Waals surface area contributed by atoms with Gasteiger partial charge in [-0.25, -0.2) is 4.39 Å². The van der Waals surface area contributed by atoms with Gasteiger partial charge in [-0.15, -0.1) is 0 Å². The number of amides is 1. The van der Waals surface area contributed by atoms with Crippen molar-refractivity contribution in [2.75, 3.05) is 26.3 Å². The van der Waals surface area contributed by atoms with Gasteiger partial charge in [0.2, 0.25) is 5.91 Å². The molecule has 2 fully saturated rings. The van der Waals surface area contributed by atoms with Gasteiger partial charge >= 0.3 is 0 Å². The van der Waals surface area contributed by atoms with Crippen molar-refractivity contribution >= 4 is 5.91 Å². The summed E-state index contributed by atoms with van der Waals surface area (Å²) >= 11 is 0. The Labute approximate surface area is 147 Å². The van der Waals surface area contributed by atoms with Gasteiger partial charge in [-0.05, 0) is 18.9 Å². The second-order valence-electron chi connectivity index (χ2n) is 6.86. The Balaban J connectivity index is 1.69. The molecule has 0 bridgehead atoms. The number of nitrogens with zero attached hydrogens (tertiary/aromatic N) is 2. The summed E-state index contributed by atoms with van der Waals surface area (Å²) in [5, 5.41) is 12.1. The highest BCUT2D eigenvalue weighted by Crippen LogP contribution is 2.38. The summed E-state index contributed by atoms with van der Waals surface area (Å²) in [7, 11) is 0. The Bertz CT molecular complexity index is 646. The van der Waals surface area contributed by atoms with Crippen LogP contribution < -0.4 is 5.32 Å². The molecule has 2 aliphatic rings. The minimum atomic E-state index is -0.961. The number of carbonyl (C=O) groups is 1. The predicted octanol–water partition coefficient (Wildman–Crippen LogP) is 2.54. The number of morpholine rings is 1. The number of nitriles is 1. The first-order chi connectivity index (χ1) is 12.1. The molecule has 1 aromatic carbocycles. The van der Waals surface area contributed by atoms with Crippen LogP contribution in [0.25, 0.3) is 0 Å². The molecule has 25 heavy (non-hydrogen) atoms. The largest absolute Gasteiger partial charge is 0.379 e. The first-order valence-corrected chi connectivity index (χ1v) is 8.91. The van der Waals surface area contributed by atoms with Crippen molar-refractivity contribution in [2.24, 2.45) is 0 Å². The molecule has 1 saturated carbocycles. The van der Waals surface area contributed by atoms with Gasteiger partial charge in [-0.3, -0.25) is 9.69 Å². The summed E-state index contributed by atoms with van der Waals surface area (Å²) in [6.07, 6.45) is 4.54. The van der Waals surface area contributed by atoms with Crippen molar-refractivity contribution in [2.45, 2.75) is 43.7 Å². The SMILES string of the molecule is N#C[C@@H](NC(=O)CC1(N2CCOCC2)CCCC1)c1ccccc1F. The van der Waals surface area contributed by atoms with Gasteiger partial charge in [0.25, 0.3) is 0 Å². The van der Waals surface area contributed by atoms with E-state index in [0.29, 0.717) is 19.6 Å². The van der Waals surface area contributed by atoms with Crippen molar-refractivity contribution in [3.63, 3.8) is 0 Å². The number of halogens is 1. The van der Waals surface area contributed by atoms with Crippen LogP contribution in [-0.4, -0.2) is 42.6 Å². The first kappa shape index (κ1) is 17.8. The Morgan fingerprint density at radius 3 is 2.64 bits per heavy atom. The second kappa shape index (κ2) is 7.94. The number of hydrogen-bond acceptors (Lipinski definition) is 4. The molecule has 0 aromatic heterocycles. The maximum Gasteiger partial charge on any atom is 0.223 e. The van der Waals surface area contributed by atoms with Crippen LogP contribution in [-0.2, 0) is 9.53 Å². The highest BCUT2D eigenvalue weighted by atomic mass is 19.1. The van der Waals surface area contributed by atoms with E-state index in [1.807, 2.05) is 6.07 Å². The molecule has 5 nitrogen and oxygen atoms in total. The highest BCUT2D eigenvalue weighted by Gasteiger charge is 2.42. The van der Waals surface area contributed by atoms with Crippen molar-refractivity contribution in [1.82, 2.24) is 10.2 Å². The Kier molecular flexibility index (Phi) is 5.67. The maximum absolute atomic E-state index is 13.9. The molecule has 3 rings (SSSR count). The lowest BCUT2D eigenvalue weighted by atomic mass is 9.89. The molecule has 1 aromatic rings. The summed E-state index contributed by atoms with van der Waals surface area (Å²) in [6.45, 7) is 3.06. The summed E-state index contributed by atoms with van der Waals surface area (Å²) < 4.78 is 19.4. The number of benzene rings is 1. The minimum absolute atomic E-state index is 0.150. The van der Waals surface area contributed by atoms with Gasteiger partial charge in [0, 0.05) is 30.6 Å². The number of hydrogen-bond donors (Lipinski definition) is 1. The fourth-order valence-electron chi connectivity index (χ4n) is 4.08. The van der Waals surface area contributed by atoms with Crippen LogP contribution in [0.4, 0.5) is 4.39 Å². The predicted molar refractivity (Wildman–Crippen MR) is 91.1 cm³/mol. The zero-order chi connectivity index (χ0) is 17.7. The molecule has 0 unspecified atom stereocenters. The Morgan fingerprint density at radius 1 is 1.32 bits per heavy atom. The molecule has 1 N–H and O–H groups in total. The lowest BCUT2D eigenvalue weighted by molar-refractivity contribution is -0.125. The van der Waals surface area contributed by atoms with E-state index in [2.05, 4.69) is 10.2 Å². The molecule has 1 atom stereocenters. The number of nitrogens with one attached hydrogen (secondary N) is 1. The third kappa shape index (κ3) is 4.00. The molecule has 1 aliphatic heterocycles. The van der Waals surface area contributed by atoms with Crippen LogP contribution in [0.1, 0.15) is 43.7 Å². The van der Waals surface area contributed by atoms with E-state index in [9.17, 15) is 14.4 Å². The molecule has 1 heterocycles. The number of rotatable bonds is 5. The summed E-state index contributed by atoms with van der Waals surface area (Å²) in [5.74, 6) is -0.665. The van der Waals surface area contributed by atoms with Crippen LogP contribution in [0, 0.1) is 17.1 Å². The third-order valence-electron chi connectivity index (χ3n) is 5.36. The van der Waals surface area contributed by atoms with Crippen LogP contribution in [0.3, 0.4) is 0 Å². The molecular weight excluding hydrogens is 321 g/mol. The lowest BCUT2D eigenvalue weighted by Gasteiger charge is -2.43. The monoisotopic (exact) mass is 345 g/mol. The zero-order valence-corrected chi connectivity index (χ0v) is 14.3. The van der Waals surface area contributed by atoms with Crippen molar-refractivity contribution in [1.29, 1.82) is 5.26 Å². The van der Waals surface area contributed by atoms with Gasteiger partial charge in [-0.1, -0.05) is 31.0 Å². The molecule has 0 radical (unpaired) electrons. The minimum Gasteiger partial charge on any atom is -0.379 e.